The Balaban J connectivity index is 1.88. The van der Waals surface area contributed by atoms with Crippen molar-refractivity contribution < 1.29 is 14.1 Å². The van der Waals surface area contributed by atoms with Crippen LogP contribution in [-0.4, -0.2) is 52.9 Å². The van der Waals surface area contributed by atoms with E-state index in [2.05, 4.69) is 25.9 Å². The molecule has 1 aliphatic rings. The molecule has 2 heterocycles. The van der Waals surface area contributed by atoms with Gasteiger partial charge in [-0.2, -0.15) is 0 Å². The second-order valence-corrected chi connectivity index (χ2v) is 6.74. The molecule has 6 heteroatoms. The molecule has 1 aromatic heterocycles. The van der Waals surface area contributed by atoms with Gasteiger partial charge in [0, 0.05) is 38.7 Å². The van der Waals surface area contributed by atoms with Gasteiger partial charge >= 0.3 is 0 Å². The SMILES string of the molecule is Cc1cc(C(=O)N2CCN(C(=O)CC(C)(C)C)CC2)on1. The van der Waals surface area contributed by atoms with E-state index in [1.807, 2.05) is 4.90 Å². The predicted molar refractivity (Wildman–Crippen MR) is 77.8 cm³/mol. The minimum Gasteiger partial charge on any atom is -0.351 e. The zero-order valence-corrected chi connectivity index (χ0v) is 13.2. The molecule has 0 atom stereocenters. The molecule has 21 heavy (non-hydrogen) atoms. The van der Waals surface area contributed by atoms with Gasteiger partial charge in [0.1, 0.15) is 0 Å². The molecule has 1 saturated heterocycles. The van der Waals surface area contributed by atoms with Crippen molar-refractivity contribution in [1.29, 1.82) is 0 Å². The maximum absolute atomic E-state index is 12.2. The van der Waals surface area contributed by atoms with Crippen molar-refractivity contribution in [3.8, 4) is 0 Å². The van der Waals surface area contributed by atoms with Crippen LogP contribution in [0.4, 0.5) is 0 Å². The van der Waals surface area contributed by atoms with Crippen LogP contribution in [0.3, 0.4) is 0 Å². The summed E-state index contributed by atoms with van der Waals surface area (Å²) in [6.45, 7) is 10.2. The number of carbonyl (C=O) groups is 2. The van der Waals surface area contributed by atoms with Gasteiger partial charge in [0.25, 0.3) is 5.91 Å². The summed E-state index contributed by atoms with van der Waals surface area (Å²) in [7, 11) is 0. The lowest BCUT2D eigenvalue weighted by Crippen LogP contribution is -2.51. The van der Waals surface area contributed by atoms with Crippen LogP contribution in [0.15, 0.2) is 10.6 Å². The molecule has 1 aliphatic heterocycles. The predicted octanol–water partition coefficient (Wildman–Crippen LogP) is 1.70. The number of amides is 2. The van der Waals surface area contributed by atoms with E-state index >= 15 is 0 Å². The van der Waals surface area contributed by atoms with Gasteiger partial charge in [0.15, 0.2) is 0 Å². The van der Waals surface area contributed by atoms with E-state index in [0.29, 0.717) is 38.3 Å². The van der Waals surface area contributed by atoms with Crippen LogP contribution in [-0.2, 0) is 4.79 Å². The molecular formula is C15H23N3O3. The van der Waals surface area contributed by atoms with Gasteiger partial charge in [0.2, 0.25) is 11.7 Å². The lowest BCUT2D eigenvalue weighted by molar-refractivity contribution is -0.134. The molecule has 1 aromatic rings. The maximum atomic E-state index is 12.2. The fraction of sp³-hybridized carbons (Fsp3) is 0.667. The van der Waals surface area contributed by atoms with Crippen LogP contribution >= 0.6 is 0 Å². The van der Waals surface area contributed by atoms with Crippen molar-refractivity contribution >= 4 is 11.8 Å². The Bertz CT molecular complexity index is 523. The Kier molecular flexibility index (Phi) is 4.34. The Morgan fingerprint density at radius 2 is 1.76 bits per heavy atom. The highest BCUT2D eigenvalue weighted by atomic mass is 16.5. The molecule has 0 aliphatic carbocycles. The number of carbonyl (C=O) groups excluding carboxylic acids is 2. The topological polar surface area (TPSA) is 66.7 Å². The summed E-state index contributed by atoms with van der Waals surface area (Å²) in [5.74, 6) is 0.269. The zero-order chi connectivity index (χ0) is 15.6. The lowest BCUT2D eigenvalue weighted by atomic mass is 9.91. The van der Waals surface area contributed by atoms with Crippen molar-refractivity contribution in [1.82, 2.24) is 15.0 Å². The second-order valence-electron chi connectivity index (χ2n) is 6.74. The first-order valence-electron chi connectivity index (χ1n) is 7.27. The van der Waals surface area contributed by atoms with E-state index in [1.165, 1.54) is 0 Å². The first-order chi connectivity index (χ1) is 9.76. The van der Waals surface area contributed by atoms with E-state index in [9.17, 15) is 9.59 Å². The third-order valence-corrected chi connectivity index (χ3v) is 3.44. The van der Waals surface area contributed by atoms with E-state index in [1.54, 1.807) is 17.9 Å². The van der Waals surface area contributed by atoms with E-state index in [4.69, 9.17) is 4.52 Å². The number of aromatic nitrogens is 1. The molecule has 0 saturated carbocycles. The Hall–Kier alpha value is -1.85. The largest absolute Gasteiger partial charge is 0.351 e. The van der Waals surface area contributed by atoms with Gasteiger partial charge < -0.3 is 14.3 Å². The molecule has 0 bridgehead atoms. The van der Waals surface area contributed by atoms with E-state index in [0.717, 1.165) is 0 Å². The van der Waals surface area contributed by atoms with Crippen molar-refractivity contribution in [2.45, 2.75) is 34.1 Å². The third-order valence-electron chi connectivity index (χ3n) is 3.44. The van der Waals surface area contributed by atoms with Crippen LogP contribution in [0, 0.1) is 12.3 Å². The Labute approximate surface area is 125 Å². The Morgan fingerprint density at radius 3 is 2.24 bits per heavy atom. The molecule has 2 rings (SSSR count). The number of aryl methyl sites for hydroxylation is 1. The number of piperazine rings is 1. The van der Waals surface area contributed by atoms with Crippen molar-refractivity contribution in [2.24, 2.45) is 5.41 Å². The molecule has 116 valence electrons. The average molecular weight is 293 g/mol. The van der Waals surface area contributed by atoms with Crippen molar-refractivity contribution in [2.75, 3.05) is 26.2 Å². The standard InChI is InChI=1S/C15H23N3O3/c1-11-9-12(21-16-11)14(20)18-7-5-17(6-8-18)13(19)10-15(2,3)4/h9H,5-8,10H2,1-4H3. The van der Waals surface area contributed by atoms with Gasteiger partial charge in [-0.1, -0.05) is 25.9 Å². The maximum Gasteiger partial charge on any atom is 0.292 e. The third kappa shape index (κ3) is 4.06. The molecule has 1 fully saturated rings. The highest BCUT2D eigenvalue weighted by Crippen LogP contribution is 2.20. The van der Waals surface area contributed by atoms with Gasteiger partial charge in [-0.05, 0) is 12.3 Å². The number of hydrogen-bond donors (Lipinski definition) is 0. The fourth-order valence-corrected chi connectivity index (χ4v) is 2.34. The zero-order valence-electron chi connectivity index (χ0n) is 13.2. The minimum absolute atomic E-state index is 0.0125. The second kappa shape index (κ2) is 5.87. The van der Waals surface area contributed by atoms with E-state index < -0.39 is 0 Å². The van der Waals surface area contributed by atoms with E-state index in [-0.39, 0.29) is 23.0 Å². The summed E-state index contributed by atoms with van der Waals surface area (Å²) >= 11 is 0. The summed E-state index contributed by atoms with van der Waals surface area (Å²) in [5, 5.41) is 3.73. The van der Waals surface area contributed by atoms with Crippen LogP contribution in [0.1, 0.15) is 43.4 Å². The number of hydrogen-bond acceptors (Lipinski definition) is 4. The minimum atomic E-state index is -0.154. The van der Waals surface area contributed by atoms with Gasteiger partial charge in [-0.3, -0.25) is 9.59 Å². The fourth-order valence-electron chi connectivity index (χ4n) is 2.34. The average Bonchev–Trinajstić information content (AvgIpc) is 2.83. The van der Waals surface area contributed by atoms with Crippen LogP contribution in [0.5, 0.6) is 0 Å². The molecule has 0 unspecified atom stereocenters. The van der Waals surface area contributed by atoms with Crippen LogP contribution < -0.4 is 0 Å². The van der Waals surface area contributed by atoms with Crippen molar-refractivity contribution in [3.63, 3.8) is 0 Å². The first kappa shape index (κ1) is 15.5. The molecule has 0 spiro atoms. The highest BCUT2D eigenvalue weighted by Gasteiger charge is 2.28. The van der Waals surface area contributed by atoms with Gasteiger partial charge in [0.05, 0.1) is 5.69 Å². The van der Waals surface area contributed by atoms with Crippen LogP contribution in [0.25, 0.3) is 0 Å². The monoisotopic (exact) mass is 293 g/mol. The quantitative estimate of drug-likeness (QED) is 0.832. The number of rotatable bonds is 2. The van der Waals surface area contributed by atoms with Crippen molar-refractivity contribution in [3.05, 3.63) is 17.5 Å². The van der Waals surface area contributed by atoms with Gasteiger partial charge in [-0.25, -0.2) is 0 Å². The summed E-state index contributed by atoms with van der Waals surface area (Å²) in [4.78, 5) is 27.9. The van der Waals surface area contributed by atoms with Crippen LogP contribution in [0.2, 0.25) is 0 Å². The first-order valence-corrected chi connectivity index (χ1v) is 7.27. The molecular weight excluding hydrogens is 270 g/mol. The molecule has 6 nitrogen and oxygen atoms in total. The van der Waals surface area contributed by atoms with Gasteiger partial charge in [-0.15, -0.1) is 0 Å². The summed E-state index contributed by atoms with van der Waals surface area (Å²) < 4.78 is 5.00. The molecule has 2 amide bonds. The summed E-state index contributed by atoms with van der Waals surface area (Å²) in [5.41, 5.74) is 0.679. The molecule has 0 aromatic carbocycles. The lowest BCUT2D eigenvalue weighted by Gasteiger charge is -2.35. The summed E-state index contributed by atoms with van der Waals surface area (Å²) in [6.07, 6.45) is 0.530. The highest BCUT2D eigenvalue weighted by molar-refractivity contribution is 5.91. The Morgan fingerprint density at radius 1 is 1.19 bits per heavy atom. The molecule has 0 N–H and O–H groups in total. The normalized spacial score (nSPS) is 16.2. The summed E-state index contributed by atoms with van der Waals surface area (Å²) in [6, 6.07) is 1.64. The molecule has 0 radical (unpaired) electrons. The smallest absolute Gasteiger partial charge is 0.292 e. The number of nitrogens with zero attached hydrogens (tertiary/aromatic N) is 3.